The topological polar surface area (TPSA) is 38.7 Å². The summed E-state index contributed by atoms with van der Waals surface area (Å²) >= 11 is 3.47. The van der Waals surface area contributed by atoms with Gasteiger partial charge in [0.15, 0.2) is 0 Å². The normalized spacial score (nSPS) is 27.3. The molecule has 0 amide bonds. The zero-order valence-electron chi connectivity index (χ0n) is 11.5. The van der Waals surface area contributed by atoms with Gasteiger partial charge >= 0.3 is 0 Å². The van der Waals surface area contributed by atoms with E-state index in [1.54, 1.807) is 7.11 Å². The van der Waals surface area contributed by atoms with Crippen molar-refractivity contribution in [3.63, 3.8) is 0 Å². The lowest BCUT2D eigenvalue weighted by atomic mass is 9.84. The molecule has 0 spiro atoms. The van der Waals surface area contributed by atoms with Crippen molar-refractivity contribution >= 4 is 15.9 Å². The molecule has 1 saturated heterocycles. The average molecular weight is 329 g/mol. The Kier molecular flexibility index (Phi) is 4.87. The molecular formula is C15H21BrO3. The molecule has 0 saturated carbocycles. The summed E-state index contributed by atoms with van der Waals surface area (Å²) in [6.07, 6.45) is 3.09. The molecule has 2 unspecified atom stereocenters. The molecule has 1 N–H and O–H groups in total. The number of ether oxygens (including phenoxy) is 2. The summed E-state index contributed by atoms with van der Waals surface area (Å²) in [6, 6.07) is 5.90. The minimum Gasteiger partial charge on any atom is -0.496 e. The zero-order valence-corrected chi connectivity index (χ0v) is 13.1. The van der Waals surface area contributed by atoms with Gasteiger partial charge in [-0.05, 0) is 36.6 Å². The van der Waals surface area contributed by atoms with E-state index in [9.17, 15) is 5.11 Å². The van der Waals surface area contributed by atoms with Crippen LogP contribution in [-0.4, -0.2) is 30.5 Å². The average Bonchev–Trinajstić information content (AvgIpc) is 2.38. The predicted molar refractivity (Wildman–Crippen MR) is 78.6 cm³/mol. The second kappa shape index (κ2) is 6.25. The highest BCUT2D eigenvalue weighted by atomic mass is 79.9. The van der Waals surface area contributed by atoms with Gasteiger partial charge in [0.25, 0.3) is 0 Å². The Hall–Kier alpha value is -0.580. The number of aliphatic hydroxyl groups is 1. The fraction of sp³-hybridized carbons (Fsp3) is 0.600. The minimum absolute atomic E-state index is 0.164. The first-order valence-corrected chi connectivity index (χ1v) is 7.52. The Morgan fingerprint density at radius 1 is 1.53 bits per heavy atom. The van der Waals surface area contributed by atoms with Gasteiger partial charge in [-0.25, -0.2) is 0 Å². The molecule has 3 nitrogen and oxygen atoms in total. The molecule has 1 aliphatic rings. The first kappa shape index (κ1) is 14.8. The van der Waals surface area contributed by atoms with Crippen LogP contribution in [0.3, 0.4) is 0 Å². The lowest BCUT2D eigenvalue weighted by molar-refractivity contribution is -0.103. The molecule has 1 aromatic rings. The van der Waals surface area contributed by atoms with Crippen LogP contribution in [0.15, 0.2) is 22.7 Å². The predicted octanol–water partition coefficient (Wildman–Crippen LogP) is 3.32. The Labute approximate surface area is 123 Å². The second-order valence-corrected chi connectivity index (χ2v) is 6.13. The molecule has 1 aromatic carbocycles. The SMILES string of the molecule is CCC1CC(O)(Cc2cc(Br)ccc2OC)CCO1. The van der Waals surface area contributed by atoms with Crippen molar-refractivity contribution in [2.45, 2.75) is 44.3 Å². The molecule has 106 valence electrons. The van der Waals surface area contributed by atoms with Gasteiger partial charge in [0.2, 0.25) is 0 Å². The summed E-state index contributed by atoms with van der Waals surface area (Å²) < 4.78 is 12.0. The number of halogens is 1. The van der Waals surface area contributed by atoms with E-state index in [4.69, 9.17) is 9.47 Å². The minimum atomic E-state index is -0.688. The molecule has 2 rings (SSSR count). The molecule has 4 heteroatoms. The molecule has 1 aliphatic heterocycles. The lowest BCUT2D eigenvalue weighted by Crippen LogP contribution is -2.42. The Morgan fingerprint density at radius 3 is 3.00 bits per heavy atom. The third kappa shape index (κ3) is 3.71. The van der Waals surface area contributed by atoms with Crippen LogP contribution >= 0.6 is 15.9 Å². The van der Waals surface area contributed by atoms with E-state index in [0.717, 1.165) is 22.2 Å². The van der Waals surface area contributed by atoms with Crippen LogP contribution in [0.25, 0.3) is 0 Å². The van der Waals surface area contributed by atoms with Gasteiger partial charge in [0.05, 0.1) is 18.8 Å². The summed E-state index contributed by atoms with van der Waals surface area (Å²) in [6.45, 7) is 2.72. The van der Waals surface area contributed by atoms with E-state index >= 15 is 0 Å². The van der Waals surface area contributed by atoms with Crippen LogP contribution in [0.1, 0.15) is 31.7 Å². The van der Waals surface area contributed by atoms with Gasteiger partial charge in [0.1, 0.15) is 5.75 Å². The number of benzene rings is 1. The van der Waals surface area contributed by atoms with Crippen LogP contribution in [0, 0.1) is 0 Å². The maximum atomic E-state index is 10.8. The molecule has 1 heterocycles. The van der Waals surface area contributed by atoms with Crippen LogP contribution in [0.2, 0.25) is 0 Å². The van der Waals surface area contributed by atoms with Crippen LogP contribution in [0.5, 0.6) is 5.75 Å². The molecule has 0 bridgehead atoms. The van der Waals surface area contributed by atoms with E-state index in [1.807, 2.05) is 18.2 Å². The van der Waals surface area contributed by atoms with Crippen molar-refractivity contribution in [1.29, 1.82) is 0 Å². The zero-order chi connectivity index (χ0) is 13.9. The van der Waals surface area contributed by atoms with Crippen LogP contribution in [0.4, 0.5) is 0 Å². The summed E-state index contributed by atoms with van der Waals surface area (Å²) in [7, 11) is 1.66. The van der Waals surface area contributed by atoms with Crippen LogP contribution < -0.4 is 4.74 Å². The Morgan fingerprint density at radius 2 is 2.32 bits per heavy atom. The van der Waals surface area contributed by atoms with Gasteiger partial charge in [-0.3, -0.25) is 0 Å². The number of rotatable bonds is 4. The standard InChI is InChI=1S/C15H21BrO3/c1-3-13-10-15(17,6-7-19-13)9-11-8-12(16)4-5-14(11)18-2/h4-5,8,13,17H,3,6-7,9-10H2,1-2H3. The smallest absolute Gasteiger partial charge is 0.122 e. The summed E-state index contributed by atoms with van der Waals surface area (Å²) in [4.78, 5) is 0. The summed E-state index contributed by atoms with van der Waals surface area (Å²) in [5, 5.41) is 10.8. The monoisotopic (exact) mass is 328 g/mol. The third-order valence-corrected chi connectivity index (χ3v) is 4.24. The van der Waals surface area contributed by atoms with Gasteiger partial charge in [0, 0.05) is 23.9 Å². The first-order chi connectivity index (χ1) is 9.06. The molecule has 0 radical (unpaired) electrons. The maximum Gasteiger partial charge on any atom is 0.122 e. The largest absolute Gasteiger partial charge is 0.496 e. The maximum absolute atomic E-state index is 10.8. The van der Waals surface area contributed by atoms with Crippen molar-refractivity contribution in [3.8, 4) is 5.75 Å². The van der Waals surface area contributed by atoms with E-state index in [-0.39, 0.29) is 6.10 Å². The summed E-state index contributed by atoms with van der Waals surface area (Å²) in [5.74, 6) is 0.830. The third-order valence-electron chi connectivity index (χ3n) is 3.75. The van der Waals surface area contributed by atoms with E-state index in [1.165, 1.54) is 0 Å². The first-order valence-electron chi connectivity index (χ1n) is 6.73. The highest BCUT2D eigenvalue weighted by molar-refractivity contribution is 9.10. The molecule has 1 fully saturated rings. The van der Waals surface area contributed by atoms with Crippen molar-refractivity contribution in [3.05, 3.63) is 28.2 Å². The van der Waals surface area contributed by atoms with Crippen molar-refractivity contribution < 1.29 is 14.6 Å². The van der Waals surface area contributed by atoms with Crippen molar-refractivity contribution in [2.75, 3.05) is 13.7 Å². The number of hydrogen-bond acceptors (Lipinski definition) is 3. The van der Waals surface area contributed by atoms with E-state index in [0.29, 0.717) is 25.9 Å². The van der Waals surface area contributed by atoms with Crippen molar-refractivity contribution in [2.24, 2.45) is 0 Å². The molecule has 0 aliphatic carbocycles. The Bertz CT molecular complexity index is 435. The fourth-order valence-corrected chi connectivity index (χ4v) is 3.07. The fourth-order valence-electron chi connectivity index (χ4n) is 2.66. The van der Waals surface area contributed by atoms with Gasteiger partial charge in [-0.2, -0.15) is 0 Å². The van der Waals surface area contributed by atoms with Gasteiger partial charge in [-0.15, -0.1) is 0 Å². The molecule has 2 atom stereocenters. The number of methoxy groups -OCH3 is 1. The van der Waals surface area contributed by atoms with E-state index in [2.05, 4.69) is 22.9 Å². The molecule has 0 aromatic heterocycles. The lowest BCUT2D eigenvalue weighted by Gasteiger charge is -2.37. The molecular weight excluding hydrogens is 308 g/mol. The second-order valence-electron chi connectivity index (χ2n) is 5.21. The molecule has 19 heavy (non-hydrogen) atoms. The highest BCUT2D eigenvalue weighted by Crippen LogP contribution is 2.33. The number of hydrogen-bond donors (Lipinski definition) is 1. The van der Waals surface area contributed by atoms with Gasteiger partial charge in [-0.1, -0.05) is 22.9 Å². The quantitative estimate of drug-likeness (QED) is 0.921. The summed E-state index contributed by atoms with van der Waals surface area (Å²) in [5.41, 5.74) is 0.351. The van der Waals surface area contributed by atoms with Crippen LogP contribution in [-0.2, 0) is 11.2 Å². The Balaban J connectivity index is 2.17. The van der Waals surface area contributed by atoms with Crippen molar-refractivity contribution in [1.82, 2.24) is 0 Å². The van der Waals surface area contributed by atoms with Gasteiger partial charge < -0.3 is 14.6 Å². The highest BCUT2D eigenvalue weighted by Gasteiger charge is 2.35. The van der Waals surface area contributed by atoms with E-state index < -0.39 is 5.60 Å².